The van der Waals surface area contributed by atoms with Crippen molar-refractivity contribution >= 4 is 28.0 Å². The van der Waals surface area contributed by atoms with Crippen LogP contribution in [0.25, 0.3) is 0 Å². The molecule has 6 unspecified atom stereocenters. The molecule has 11 heteroatoms. The Balaban J connectivity index is 1.54. The van der Waals surface area contributed by atoms with Crippen molar-refractivity contribution in [2.75, 3.05) is 0 Å². The van der Waals surface area contributed by atoms with E-state index >= 15 is 0 Å². The third kappa shape index (κ3) is 3.20. The molecule has 2 bridgehead atoms. The number of hydrogen-bond acceptors (Lipinski definition) is 9. The largest absolute Gasteiger partial charge is 0.455 e. The molecule has 0 radical (unpaired) electrons. The molecule has 29 heavy (non-hydrogen) atoms. The first-order chi connectivity index (χ1) is 13.6. The van der Waals surface area contributed by atoms with Crippen LogP contribution >= 0.6 is 0 Å². The van der Waals surface area contributed by atoms with E-state index in [1.54, 1.807) is 0 Å². The van der Waals surface area contributed by atoms with Gasteiger partial charge in [-0.2, -0.15) is 8.42 Å². The number of esters is 3. The Hall–Kier alpha value is -2.76. The fourth-order valence-corrected chi connectivity index (χ4v) is 4.31. The van der Waals surface area contributed by atoms with Gasteiger partial charge in [0.1, 0.15) is 29.8 Å². The van der Waals surface area contributed by atoms with Crippen LogP contribution in [0.15, 0.2) is 41.3 Å². The zero-order valence-electron chi connectivity index (χ0n) is 15.0. The zero-order valence-corrected chi connectivity index (χ0v) is 15.8. The van der Waals surface area contributed by atoms with Gasteiger partial charge in [0.05, 0.1) is 4.90 Å². The van der Waals surface area contributed by atoms with E-state index in [4.69, 9.17) is 23.5 Å². The molecule has 0 amide bonds. The Kier molecular flexibility index (Phi) is 4.48. The molecule has 0 saturated carbocycles. The second-order valence-corrected chi connectivity index (χ2v) is 8.46. The minimum Gasteiger partial charge on any atom is -0.455 e. The van der Waals surface area contributed by atoms with E-state index in [0.29, 0.717) is 0 Å². The molecule has 3 aliphatic rings. The molecule has 0 spiro atoms. The van der Waals surface area contributed by atoms with E-state index in [0.717, 1.165) is 12.1 Å². The molecule has 3 saturated heterocycles. The first-order valence-corrected chi connectivity index (χ1v) is 10.0. The average Bonchev–Trinajstić information content (AvgIpc) is 3.24. The third-order valence-electron chi connectivity index (χ3n) is 5.11. The highest BCUT2D eigenvalue weighted by Gasteiger charge is 2.72. The van der Waals surface area contributed by atoms with Gasteiger partial charge < -0.3 is 18.9 Å². The summed E-state index contributed by atoms with van der Waals surface area (Å²) in [6.07, 6.45) is -3.41. The molecule has 0 aromatic heterocycles. The van der Waals surface area contributed by atoms with Crippen molar-refractivity contribution in [3.05, 3.63) is 36.4 Å². The summed E-state index contributed by atoms with van der Waals surface area (Å²) < 4.78 is 52.7. The van der Waals surface area contributed by atoms with Crippen molar-refractivity contribution in [2.24, 2.45) is 11.8 Å². The molecule has 3 aliphatic heterocycles. The van der Waals surface area contributed by atoms with Gasteiger partial charge in [0, 0.05) is 5.57 Å². The molecular weight excluding hydrogens is 408 g/mol. The monoisotopic (exact) mass is 424 g/mol. The lowest BCUT2D eigenvalue weighted by Gasteiger charge is -2.27. The van der Waals surface area contributed by atoms with Gasteiger partial charge in [-0.3, -0.25) is 14.1 Å². The number of benzene rings is 1. The Morgan fingerprint density at radius 3 is 2.38 bits per heavy atom. The summed E-state index contributed by atoms with van der Waals surface area (Å²) in [6, 6.07) is 4.49. The number of fused-ring (bicyclic) bond motifs is 1. The highest BCUT2D eigenvalue weighted by molar-refractivity contribution is 7.85. The number of ether oxygens (including phenoxy) is 4. The maximum absolute atomic E-state index is 12.7. The lowest BCUT2D eigenvalue weighted by Crippen LogP contribution is -2.48. The molecule has 6 atom stereocenters. The number of carbonyl (C=O) groups excluding carboxylic acids is 3. The van der Waals surface area contributed by atoms with E-state index in [2.05, 4.69) is 6.58 Å². The van der Waals surface area contributed by atoms with Crippen LogP contribution in [-0.4, -0.2) is 55.3 Å². The summed E-state index contributed by atoms with van der Waals surface area (Å²) in [5.41, 5.74) is 0.145. The lowest BCUT2D eigenvalue weighted by atomic mass is 9.78. The smallest absolute Gasteiger partial charge is 0.333 e. The van der Waals surface area contributed by atoms with Crippen LogP contribution < -0.4 is 4.74 Å². The van der Waals surface area contributed by atoms with Gasteiger partial charge >= 0.3 is 17.9 Å². The van der Waals surface area contributed by atoms with Crippen molar-refractivity contribution in [3.8, 4) is 5.75 Å². The van der Waals surface area contributed by atoms with Gasteiger partial charge in [-0.15, -0.1) is 0 Å². The number of hydrogen-bond donors (Lipinski definition) is 1. The van der Waals surface area contributed by atoms with Gasteiger partial charge in [0.2, 0.25) is 0 Å². The molecule has 4 rings (SSSR count). The van der Waals surface area contributed by atoms with Crippen LogP contribution in [0.5, 0.6) is 5.75 Å². The van der Waals surface area contributed by atoms with Crippen LogP contribution in [0.4, 0.5) is 0 Å². The third-order valence-corrected chi connectivity index (χ3v) is 5.98. The Labute approximate surface area is 165 Å². The average molecular weight is 424 g/mol. The van der Waals surface area contributed by atoms with Crippen molar-refractivity contribution in [1.82, 2.24) is 0 Å². The van der Waals surface area contributed by atoms with E-state index in [-0.39, 0.29) is 16.2 Å². The maximum atomic E-state index is 12.7. The summed E-state index contributed by atoms with van der Waals surface area (Å²) in [7, 11) is -4.39. The second-order valence-electron chi connectivity index (χ2n) is 7.04. The normalized spacial score (nSPS) is 32.0. The predicted molar refractivity (Wildman–Crippen MR) is 92.1 cm³/mol. The minimum absolute atomic E-state index is 0.00330. The van der Waals surface area contributed by atoms with Crippen molar-refractivity contribution in [3.63, 3.8) is 0 Å². The topological polar surface area (TPSA) is 142 Å². The standard InChI is InChI=1S/C18H16O10S/c1-7(2)16(19)27-14-12-10(11-13(26-12)15(14)28-18(11)21)17(20)25-8-3-5-9(6-4-8)29(22,23)24/h3-6,10-15H,1H2,2H3,(H,22,23,24). The molecule has 3 heterocycles. The first kappa shape index (κ1) is 19.6. The van der Waals surface area contributed by atoms with Gasteiger partial charge in [0.25, 0.3) is 10.1 Å². The van der Waals surface area contributed by atoms with E-state index in [1.165, 1.54) is 19.1 Å². The highest BCUT2D eigenvalue weighted by Crippen LogP contribution is 2.51. The fraction of sp³-hybridized carbons (Fsp3) is 0.389. The molecule has 1 aromatic rings. The Morgan fingerprint density at radius 2 is 1.79 bits per heavy atom. The SMILES string of the molecule is C=C(C)C(=O)OC1C2OC(=O)C3C2OC1C3C(=O)Oc1ccc(S(=O)(=O)O)cc1. The van der Waals surface area contributed by atoms with Crippen LogP contribution in [-0.2, 0) is 38.7 Å². The first-order valence-electron chi connectivity index (χ1n) is 8.59. The minimum atomic E-state index is -4.39. The van der Waals surface area contributed by atoms with E-state index < -0.39 is 64.3 Å². The van der Waals surface area contributed by atoms with Crippen molar-refractivity contribution in [2.45, 2.75) is 36.2 Å². The molecule has 1 N–H and O–H groups in total. The molecule has 3 fully saturated rings. The van der Waals surface area contributed by atoms with Crippen molar-refractivity contribution < 1.29 is 46.3 Å². The van der Waals surface area contributed by atoms with Crippen LogP contribution in [0.2, 0.25) is 0 Å². The van der Waals surface area contributed by atoms with Crippen molar-refractivity contribution in [1.29, 1.82) is 0 Å². The predicted octanol–water partition coefficient (Wildman–Crippen LogP) is 0.265. The maximum Gasteiger partial charge on any atom is 0.333 e. The summed E-state index contributed by atoms with van der Waals surface area (Å²) in [4.78, 5) is 36.5. The summed E-state index contributed by atoms with van der Waals surface area (Å²) in [5.74, 6) is -4.08. The fourth-order valence-electron chi connectivity index (χ4n) is 3.83. The summed E-state index contributed by atoms with van der Waals surface area (Å²) in [5, 5.41) is 0. The zero-order chi connectivity index (χ0) is 21.1. The molecular formula is C18H16O10S. The second kappa shape index (κ2) is 6.65. The molecule has 154 valence electrons. The Morgan fingerprint density at radius 1 is 1.14 bits per heavy atom. The molecule has 0 aliphatic carbocycles. The van der Waals surface area contributed by atoms with Crippen LogP contribution in [0.1, 0.15) is 6.92 Å². The Bertz CT molecular complexity index is 1010. The quantitative estimate of drug-likeness (QED) is 0.303. The van der Waals surface area contributed by atoms with Gasteiger partial charge in [-0.25, -0.2) is 4.79 Å². The van der Waals surface area contributed by atoms with Crippen LogP contribution in [0, 0.1) is 11.8 Å². The van der Waals surface area contributed by atoms with E-state index in [9.17, 15) is 22.8 Å². The highest BCUT2D eigenvalue weighted by atomic mass is 32.2. The summed E-state index contributed by atoms with van der Waals surface area (Å²) >= 11 is 0. The molecule has 1 aromatic carbocycles. The number of rotatable bonds is 5. The van der Waals surface area contributed by atoms with Gasteiger partial charge in [0.15, 0.2) is 12.2 Å². The van der Waals surface area contributed by atoms with Crippen LogP contribution in [0.3, 0.4) is 0 Å². The summed E-state index contributed by atoms with van der Waals surface area (Å²) in [6.45, 7) is 4.95. The number of carbonyl (C=O) groups is 3. The lowest BCUT2D eigenvalue weighted by molar-refractivity contribution is -0.158. The van der Waals surface area contributed by atoms with Gasteiger partial charge in [-0.1, -0.05) is 6.58 Å². The van der Waals surface area contributed by atoms with E-state index in [1.807, 2.05) is 0 Å². The molecule has 10 nitrogen and oxygen atoms in total. The van der Waals surface area contributed by atoms with Gasteiger partial charge in [-0.05, 0) is 31.2 Å².